The van der Waals surface area contributed by atoms with Gasteiger partial charge in [-0.15, -0.1) is 11.3 Å². The summed E-state index contributed by atoms with van der Waals surface area (Å²) in [5.41, 5.74) is 1.46. The van der Waals surface area contributed by atoms with Crippen LogP contribution in [-0.2, 0) is 28.9 Å². The van der Waals surface area contributed by atoms with Crippen LogP contribution in [0, 0.1) is 5.82 Å². The molecule has 2 aromatic carbocycles. The number of aromatic nitrogens is 1. The quantitative estimate of drug-likeness (QED) is 0.217. The van der Waals surface area contributed by atoms with Gasteiger partial charge in [-0.1, -0.05) is 25.5 Å². The maximum atomic E-state index is 15.4. The number of ether oxygens (including phenoxy) is 2. The fourth-order valence-electron chi connectivity index (χ4n) is 4.89. The van der Waals surface area contributed by atoms with Crippen molar-refractivity contribution in [2.24, 2.45) is 0 Å². The molecule has 3 N–H and O–H groups in total. The average Bonchev–Trinajstić information content (AvgIpc) is 3.76. The normalized spacial score (nSPS) is 16.1. The van der Waals surface area contributed by atoms with Gasteiger partial charge in [-0.25, -0.2) is 22.6 Å². The number of rotatable bonds is 14. The minimum Gasteiger partial charge on any atom is -0.449 e. The molecule has 248 valence electrons. The highest BCUT2D eigenvalue weighted by Gasteiger charge is 2.38. The molecule has 3 amide bonds. The summed E-state index contributed by atoms with van der Waals surface area (Å²) in [6.07, 6.45) is 2.83. The molecule has 1 aromatic heterocycles. The molecule has 12 nitrogen and oxygen atoms in total. The summed E-state index contributed by atoms with van der Waals surface area (Å²) in [7, 11) is -4.09. The summed E-state index contributed by atoms with van der Waals surface area (Å²) in [4.78, 5) is 44.0. The van der Waals surface area contributed by atoms with Crippen molar-refractivity contribution in [1.29, 1.82) is 0 Å². The van der Waals surface area contributed by atoms with Gasteiger partial charge < -0.3 is 20.1 Å². The minimum absolute atomic E-state index is 0.00485. The zero-order valence-electron chi connectivity index (χ0n) is 25.6. The number of carbonyl (C=O) groups is 3. The Balaban J connectivity index is 1.36. The smallest absolute Gasteiger partial charge is 0.411 e. The number of unbranched alkanes of at least 4 members (excludes halogenated alkanes) is 1. The Kier molecular flexibility index (Phi) is 11.2. The second-order valence-electron chi connectivity index (χ2n) is 11.3. The molecule has 0 spiro atoms. The first-order chi connectivity index (χ1) is 22.1. The molecule has 3 aromatic rings. The van der Waals surface area contributed by atoms with Crippen LogP contribution in [0.1, 0.15) is 42.9 Å². The topological polar surface area (TPSA) is 156 Å². The van der Waals surface area contributed by atoms with Crippen LogP contribution < -0.4 is 16.0 Å². The van der Waals surface area contributed by atoms with Crippen molar-refractivity contribution in [2.45, 2.75) is 43.9 Å². The number of nitrogens with one attached hydrogen (secondary N) is 3. The van der Waals surface area contributed by atoms with Crippen molar-refractivity contribution in [3.63, 3.8) is 0 Å². The van der Waals surface area contributed by atoms with Crippen LogP contribution in [-0.4, -0.2) is 94.0 Å². The van der Waals surface area contributed by atoms with Crippen molar-refractivity contribution in [3.05, 3.63) is 47.2 Å². The van der Waals surface area contributed by atoms with E-state index in [4.69, 9.17) is 9.47 Å². The number of sulfone groups is 1. The van der Waals surface area contributed by atoms with Gasteiger partial charge in [0.1, 0.15) is 10.8 Å². The van der Waals surface area contributed by atoms with E-state index in [0.29, 0.717) is 48.9 Å². The van der Waals surface area contributed by atoms with E-state index in [9.17, 15) is 22.8 Å². The maximum Gasteiger partial charge on any atom is 0.411 e. The van der Waals surface area contributed by atoms with Gasteiger partial charge in [0.25, 0.3) is 0 Å². The van der Waals surface area contributed by atoms with E-state index in [2.05, 4.69) is 20.9 Å². The fraction of sp³-hybridized carbons (Fsp3) is 0.484. The van der Waals surface area contributed by atoms with Crippen molar-refractivity contribution in [1.82, 2.24) is 20.5 Å². The number of hydrogen-bond acceptors (Lipinski definition) is 10. The Morgan fingerprint density at radius 1 is 1.15 bits per heavy atom. The number of fused-ring (bicyclic) bond motifs is 1. The van der Waals surface area contributed by atoms with E-state index in [-0.39, 0.29) is 41.0 Å². The number of halogens is 1. The first kappa shape index (κ1) is 33.7. The van der Waals surface area contributed by atoms with Gasteiger partial charge in [0.2, 0.25) is 11.8 Å². The van der Waals surface area contributed by atoms with E-state index in [1.54, 1.807) is 30.3 Å². The Morgan fingerprint density at radius 2 is 1.89 bits per heavy atom. The molecule has 1 aliphatic heterocycles. The van der Waals surface area contributed by atoms with E-state index >= 15 is 4.39 Å². The molecular formula is C31H38FN5O7S2. The van der Waals surface area contributed by atoms with Gasteiger partial charge in [-0.2, -0.15) is 0 Å². The number of amides is 3. The van der Waals surface area contributed by atoms with Crippen LogP contribution in [0.25, 0.3) is 21.3 Å². The van der Waals surface area contributed by atoms with E-state index in [1.807, 2.05) is 11.8 Å². The maximum absolute atomic E-state index is 15.4. The van der Waals surface area contributed by atoms with Crippen LogP contribution in [0.3, 0.4) is 0 Å². The van der Waals surface area contributed by atoms with E-state index < -0.39 is 38.8 Å². The van der Waals surface area contributed by atoms with Gasteiger partial charge in [-0.05, 0) is 43.0 Å². The Labute approximate surface area is 270 Å². The fourth-order valence-corrected chi connectivity index (χ4v) is 7.96. The second kappa shape index (κ2) is 15.3. The number of thiazole rings is 1. The average molecular weight is 676 g/mol. The minimum atomic E-state index is -4.09. The summed E-state index contributed by atoms with van der Waals surface area (Å²) in [6, 6.07) is 9.40. The molecule has 15 heteroatoms. The first-order valence-corrected chi connectivity index (χ1v) is 17.9. The zero-order valence-corrected chi connectivity index (χ0v) is 27.2. The molecule has 1 atom stereocenters. The molecule has 5 rings (SSSR count). The molecule has 46 heavy (non-hydrogen) atoms. The van der Waals surface area contributed by atoms with Crippen molar-refractivity contribution in [2.75, 3.05) is 57.1 Å². The highest BCUT2D eigenvalue weighted by molar-refractivity contribution is 7.92. The summed E-state index contributed by atoms with van der Waals surface area (Å²) in [6.45, 7) is 4.31. The monoisotopic (exact) mass is 675 g/mol. The van der Waals surface area contributed by atoms with Crippen LogP contribution in [0.2, 0.25) is 0 Å². The lowest BCUT2D eigenvalue weighted by molar-refractivity contribution is -0.126. The molecule has 1 saturated carbocycles. The largest absolute Gasteiger partial charge is 0.449 e. The van der Waals surface area contributed by atoms with Crippen LogP contribution >= 0.6 is 11.3 Å². The molecule has 1 saturated heterocycles. The van der Waals surface area contributed by atoms with Gasteiger partial charge in [-0.3, -0.25) is 19.8 Å². The summed E-state index contributed by atoms with van der Waals surface area (Å²) in [5.74, 6) is -2.14. The number of carbonyl (C=O) groups excluding carboxylic acids is 3. The number of morpholine rings is 1. The lowest BCUT2D eigenvalue weighted by Gasteiger charge is -2.27. The van der Waals surface area contributed by atoms with Crippen molar-refractivity contribution >= 4 is 55.0 Å². The highest BCUT2D eigenvalue weighted by atomic mass is 32.2. The van der Waals surface area contributed by atoms with Gasteiger partial charge in [0.15, 0.2) is 15.1 Å². The van der Waals surface area contributed by atoms with Gasteiger partial charge >= 0.3 is 6.09 Å². The molecule has 0 radical (unpaired) electrons. The molecule has 2 heterocycles. The molecule has 0 bridgehead atoms. The van der Waals surface area contributed by atoms with E-state index in [0.717, 1.165) is 37.0 Å². The number of benzene rings is 2. The van der Waals surface area contributed by atoms with Gasteiger partial charge in [0.05, 0.1) is 42.3 Å². The van der Waals surface area contributed by atoms with Crippen molar-refractivity contribution in [3.8, 4) is 11.1 Å². The standard InChI is InChI=1S/C31H38FN5O7S2/c1-2-3-13-44-31(40)35-22-6-4-20(5-7-22)23-17-26-25(18-24(23)32)36-30(45-26)28(29(39)33-19-27(38)34-21-8-9-21)46(41,42)16-12-37-10-14-43-15-11-37/h4-7,17-18,21,28H,2-3,8-16,19H2,1H3,(H,33,39)(H,34,38)(H,35,40). The summed E-state index contributed by atoms with van der Waals surface area (Å²) in [5, 5.41) is 6.19. The Bertz CT molecular complexity index is 1660. The van der Waals surface area contributed by atoms with Crippen LogP contribution in [0.5, 0.6) is 0 Å². The SMILES string of the molecule is CCCCOC(=O)Nc1ccc(-c2cc3sc(C(C(=O)NCC(=O)NC4CC4)S(=O)(=O)CCN4CCOCC4)nc3cc2F)cc1. The predicted molar refractivity (Wildman–Crippen MR) is 173 cm³/mol. The zero-order chi connectivity index (χ0) is 32.7. The first-order valence-electron chi connectivity index (χ1n) is 15.4. The second-order valence-corrected chi connectivity index (χ2v) is 14.6. The van der Waals surface area contributed by atoms with Crippen LogP contribution in [0.4, 0.5) is 14.9 Å². The predicted octanol–water partition coefficient (Wildman–Crippen LogP) is 3.63. The number of hydrogen-bond donors (Lipinski definition) is 3. The highest BCUT2D eigenvalue weighted by Crippen LogP contribution is 2.36. The van der Waals surface area contributed by atoms with Crippen LogP contribution in [0.15, 0.2) is 36.4 Å². The lowest BCUT2D eigenvalue weighted by atomic mass is 10.0. The Hall–Kier alpha value is -3.66. The molecule has 1 unspecified atom stereocenters. The lowest BCUT2D eigenvalue weighted by Crippen LogP contribution is -2.43. The third-order valence-electron chi connectivity index (χ3n) is 7.65. The molecular weight excluding hydrogens is 638 g/mol. The third kappa shape index (κ3) is 8.99. The molecule has 2 fully saturated rings. The molecule has 2 aliphatic rings. The summed E-state index contributed by atoms with van der Waals surface area (Å²) >= 11 is 0.990. The summed E-state index contributed by atoms with van der Waals surface area (Å²) < 4.78 is 53.7. The van der Waals surface area contributed by atoms with E-state index in [1.165, 1.54) is 6.07 Å². The third-order valence-corrected chi connectivity index (χ3v) is 10.8. The van der Waals surface area contributed by atoms with Gasteiger partial charge in [0, 0.05) is 43.0 Å². The number of nitrogens with zero attached hydrogens (tertiary/aromatic N) is 2. The van der Waals surface area contributed by atoms with Crippen molar-refractivity contribution < 1.29 is 36.7 Å². The molecule has 1 aliphatic carbocycles. The number of anilines is 1. The Morgan fingerprint density at radius 3 is 2.59 bits per heavy atom.